The van der Waals surface area contributed by atoms with Crippen molar-refractivity contribution in [1.82, 2.24) is 28.7 Å². The molecule has 0 bridgehead atoms. The van der Waals surface area contributed by atoms with E-state index in [1.165, 1.54) is 21.4 Å². The van der Waals surface area contributed by atoms with Gasteiger partial charge >= 0.3 is 6.18 Å². The van der Waals surface area contributed by atoms with Gasteiger partial charge in [-0.05, 0) is 0 Å². The van der Waals surface area contributed by atoms with E-state index in [1.54, 1.807) is 7.05 Å². The Labute approximate surface area is 176 Å². The lowest BCUT2D eigenvalue weighted by molar-refractivity contribution is -0.141. The van der Waals surface area contributed by atoms with Gasteiger partial charge in [0.2, 0.25) is 5.88 Å². The van der Waals surface area contributed by atoms with Crippen molar-refractivity contribution >= 4 is 10.0 Å². The van der Waals surface area contributed by atoms with Crippen LogP contribution < -0.4 is 4.74 Å². The Morgan fingerprint density at radius 3 is 2.55 bits per heavy atom. The van der Waals surface area contributed by atoms with Crippen LogP contribution in [-0.4, -0.2) is 88.7 Å². The number of rotatable bonds is 5. The Hall–Kier alpha value is -2.29. The lowest BCUT2D eigenvalue weighted by Gasteiger charge is -2.34. The third kappa shape index (κ3) is 4.66. The SMILES string of the molecule is Cn1cnc(S(=O)(=O)N2C[C@@H](N3CCOCC3)[C@H](Oc3cc(C(F)(F)F)ncn3)C2)c1. The molecule has 2 aliphatic heterocycles. The molecule has 170 valence electrons. The van der Waals surface area contributed by atoms with Crippen LogP contribution in [-0.2, 0) is 28.0 Å². The van der Waals surface area contributed by atoms with Crippen molar-refractivity contribution in [2.24, 2.45) is 7.05 Å². The summed E-state index contributed by atoms with van der Waals surface area (Å²) in [4.78, 5) is 13.0. The molecular formula is C17H21F3N6O4S. The average Bonchev–Trinajstić information content (AvgIpc) is 3.36. The molecule has 0 radical (unpaired) electrons. The smallest absolute Gasteiger partial charge is 0.433 e. The van der Waals surface area contributed by atoms with Gasteiger partial charge in [-0.2, -0.15) is 17.5 Å². The molecule has 0 N–H and O–H groups in total. The molecule has 31 heavy (non-hydrogen) atoms. The maximum absolute atomic E-state index is 13.0. The fourth-order valence-electron chi connectivity index (χ4n) is 3.66. The van der Waals surface area contributed by atoms with Gasteiger partial charge in [0.15, 0.2) is 10.7 Å². The summed E-state index contributed by atoms with van der Waals surface area (Å²) in [6.07, 6.45) is -1.82. The third-order valence-corrected chi connectivity index (χ3v) is 6.93. The average molecular weight is 462 g/mol. The first kappa shape index (κ1) is 21.9. The number of aromatic nitrogens is 4. The van der Waals surface area contributed by atoms with E-state index in [4.69, 9.17) is 9.47 Å². The second-order valence-electron chi connectivity index (χ2n) is 7.31. The quantitative estimate of drug-likeness (QED) is 0.629. The van der Waals surface area contributed by atoms with Gasteiger partial charge < -0.3 is 14.0 Å². The topological polar surface area (TPSA) is 103 Å². The van der Waals surface area contributed by atoms with E-state index in [0.717, 1.165) is 6.33 Å². The molecule has 0 aliphatic carbocycles. The van der Waals surface area contributed by atoms with Crippen molar-refractivity contribution in [3.05, 3.63) is 30.6 Å². The number of sulfonamides is 1. The van der Waals surface area contributed by atoms with Crippen LogP contribution in [0.25, 0.3) is 0 Å². The molecule has 2 aromatic heterocycles. The minimum atomic E-state index is -4.64. The number of hydrogen-bond donors (Lipinski definition) is 0. The highest BCUT2D eigenvalue weighted by atomic mass is 32.2. The molecule has 2 atom stereocenters. The summed E-state index contributed by atoms with van der Waals surface area (Å²) in [5.74, 6) is -0.261. The zero-order valence-electron chi connectivity index (χ0n) is 16.6. The molecule has 10 nitrogen and oxygen atoms in total. The fourth-order valence-corrected chi connectivity index (χ4v) is 5.10. The number of morpholine rings is 1. The van der Waals surface area contributed by atoms with Gasteiger partial charge in [-0.15, -0.1) is 0 Å². The van der Waals surface area contributed by atoms with Crippen LogP contribution >= 0.6 is 0 Å². The van der Waals surface area contributed by atoms with Gasteiger partial charge in [0.1, 0.15) is 12.4 Å². The van der Waals surface area contributed by atoms with Crippen LogP contribution in [0.5, 0.6) is 5.88 Å². The molecule has 4 rings (SSSR count). The van der Waals surface area contributed by atoms with Crippen molar-refractivity contribution in [1.29, 1.82) is 0 Å². The van der Waals surface area contributed by atoms with E-state index in [1.807, 2.05) is 4.90 Å². The zero-order chi connectivity index (χ0) is 22.2. The highest BCUT2D eigenvalue weighted by Crippen LogP contribution is 2.30. The molecule has 0 unspecified atom stereocenters. The summed E-state index contributed by atoms with van der Waals surface area (Å²) < 4.78 is 79.0. The van der Waals surface area contributed by atoms with Crippen LogP contribution in [0.2, 0.25) is 0 Å². The summed E-state index contributed by atoms with van der Waals surface area (Å²) in [6.45, 7) is 2.12. The molecule has 0 aromatic carbocycles. The standard InChI is InChI=1S/C17H21F3N6O4S/c1-24-9-16(23-11-24)31(27,28)26-7-12(25-2-4-29-5-3-25)13(8-26)30-15-6-14(17(18,19)20)21-10-22-15/h6,9-13H,2-5,7-8H2,1H3/t12-,13-/m1/s1. The van der Waals surface area contributed by atoms with Crippen molar-refractivity contribution in [2.75, 3.05) is 39.4 Å². The van der Waals surface area contributed by atoms with Crippen LogP contribution in [0.3, 0.4) is 0 Å². The fraction of sp³-hybridized carbons (Fsp3) is 0.588. The van der Waals surface area contributed by atoms with E-state index in [-0.39, 0.29) is 30.0 Å². The monoisotopic (exact) mass is 462 g/mol. The van der Waals surface area contributed by atoms with E-state index in [0.29, 0.717) is 32.4 Å². The number of nitrogens with zero attached hydrogens (tertiary/aromatic N) is 6. The highest BCUT2D eigenvalue weighted by molar-refractivity contribution is 7.89. The van der Waals surface area contributed by atoms with Crippen LogP contribution in [0.15, 0.2) is 29.9 Å². The molecule has 0 amide bonds. The van der Waals surface area contributed by atoms with Gasteiger partial charge in [0, 0.05) is 38.9 Å². The van der Waals surface area contributed by atoms with Gasteiger partial charge in [-0.3, -0.25) is 4.90 Å². The number of halogens is 3. The molecule has 2 aliphatic rings. The second kappa shape index (κ2) is 8.33. The van der Waals surface area contributed by atoms with Gasteiger partial charge in [0.05, 0.1) is 32.1 Å². The Balaban J connectivity index is 1.59. The lowest BCUT2D eigenvalue weighted by Crippen LogP contribution is -2.50. The first-order valence-electron chi connectivity index (χ1n) is 9.50. The molecule has 0 saturated carbocycles. The normalized spacial score (nSPS) is 23.9. The lowest BCUT2D eigenvalue weighted by atomic mass is 10.1. The zero-order valence-corrected chi connectivity index (χ0v) is 17.4. The minimum Gasteiger partial charge on any atom is -0.471 e. The highest BCUT2D eigenvalue weighted by Gasteiger charge is 2.45. The number of alkyl halides is 3. The minimum absolute atomic E-state index is 0.0493. The number of aryl methyl sites for hydroxylation is 1. The predicted octanol–water partition coefficient (Wildman–Crippen LogP) is 0.382. The van der Waals surface area contributed by atoms with E-state index in [2.05, 4.69) is 15.0 Å². The van der Waals surface area contributed by atoms with Gasteiger partial charge in [-0.25, -0.2) is 23.4 Å². The second-order valence-corrected chi connectivity index (χ2v) is 9.20. The Kier molecular flexibility index (Phi) is 5.89. The van der Waals surface area contributed by atoms with Crippen LogP contribution in [0.1, 0.15) is 5.69 Å². The molecule has 2 fully saturated rings. The van der Waals surface area contributed by atoms with Gasteiger partial charge in [0.25, 0.3) is 10.0 Å². The Bertz CT molecular complexity index is 1020. The van der Waals surface area contributed by atoms with Crippen molar-refractivity contribution < 1.29 is 31.1 Å². The van der Waals surface area contributed by atoms with E-state index >= 15 is 0 Å². The van der Waals surface area contributed by atoms with Crippen molar-refractivity contribution in [2.45, 2.75) is 23.3 Å². The third-order valence-electron chi connectivity index (χ3n) is 5.21. The Morgan fingerprint density at radius 2 is 1.90 bits per heavy atom. The van der Waals surface area contributed by atoms with Crippen molar-refractivity contribution in [3.63, 3.8) is 0 Å². The largest absolute Gasteiger partial charge is 0.471 e. The summed E-state index contributed by atoms with van der Waals surface area (Å²) in [6, 6.07) is 0.332. The van der Waals surface area contributed by atoms with Crippen LogP contribution in [0, 0.1) is 0 Å². The van der Waals surface area contributed by atoms with Crippen LogP contribution in [0.4, 0.5) is 13.2 Å². The predicted molar refractivity (Wildman–Crippen MR) is 99.6 cm³/mol. The summed E-state index contributed by atoms with van der Waals surface area (Å²) in [5, 5.41) is -0.0993. The number of ether oxygens (including phenoxy) is 2. The summed E-state index contributed by atoms with van der Waals surface area (Å²) >= 11 is 0. The maximum atomic E-state index is 13.0. The van der Waals surface area contributed by atoms with Crippen molar-refractivity contribution in [3.8, 4) is 5.88 Å². The van der Waals surface area contributed by atoms with Gasteiger partial charge in [-0.1, -0.05) is 0 Å². The van der Waals surface area contributed by atoms with E-state index < -0.39 is 28.0 Å². The molecular weight excluding hydrogens is 441 g/mol. The number of imidazole rings is 1. The molecule has 4 heterocycles. The molecule has 14 heteroatoms. The first-order valence-corrected chi connectivity index (χ1v) is 10.9. The summed E-state index contributed by atoms with van der Waals surface area (Å²) in [7, 11) is -2.24. The maximum Gasteiger partial charge on any atom is 0.433 e. The van der Waals surface area contributed by atoms with E-state index in [9.17, 15) is 21.6 Å². The Morgan fingerprint density at radius 1 is 1.16 bits per heavy atom. The molecule has 2 saturated heterocycles. The number of hydrogen-bond acceptors (Lipinski definition) is 8. The molecule has 2 aromatic rings. The molecule has 0 spiro atoms. The first-order chi connectivity index (χ1) is 14.6. The summed E-state index contributed by atoms with van der Waals surface area (Å²) in [5.41, 5.74) is -1.13.